The first-order valence-corrected chi connectivity index (χ1v) is 6.17. The molecule has 0 atom stereocenters. The van der Waals surface area contributed by atoms with Crippen LogP contribution in [-0.2, 0) is 4.74 Å². The van der Waals surface area contributed by atoms with Gasteiger partial charge in [-0.1, -0.05) is 0 Å². The van der Waals surface area contributed by atoms with Crippen LogP contribution in [0.2, 0.25) is 0 Å². The van der Waals surface area contributed by atoms with Crippen LogP contribution in [0, 0.1) is 5.92 Å². The van der Waals surface area contributed by atoms with E-state index < -0.39 is 5.60 Å². The zero-order chi connectivity index (χ0) is 10.7. The minimum Gasteiger partial charge on any atom is -0.390 e. The second-order valence-corrected chi connectivity index (χ2v) is 5.29. The van der Waals surface area contributed by atoms with Gasteiger partial charge in [-0.15, -0.1) is 12.4 Å². The number of hydrogen-bond acceptors (Lipinski definition) is 3. The van der Waals surface area contributed by atoms with Crippen LogP contribution in [0.3, 0.4) is 0 Å². The van der Waals surface area contributed by atoms with E-state index in [0.29, 0.717) is 0 Å². The van der Waals surface area contributed by atoms with Crippen LogP contribution in [0.1, 0.15) is 32.1 Å². The average molecular weight is 250 g/mol. The van der Waals surface area contributed by atoms with Gasteiger partial charge in [0, 0.05) is 13.2 Å². The first kappa shape index (κ1) is 14.2. The fraction of sp³-hybridized carbons (Fsp3) is 1.00. The van der Waals surface area contributed by atoms with Gasteiger partial charge in [0.2, 0.25) is 0 Å². The Bertz CT molecular complexity index is 199. The smallest absolute Gasteiger partial charge is 0.0694 e. The fourth-order valence-electron chi connectivity index (χ4n) is 2.76. The minimum absolute atomic E-state index is 0. The number of nitrogens with zero attached hydrogens (tertiary/aromatic N) is 1. The normalized spacial score (nSPS) is 27.4. The molecule has 0 radical (unpaired) electrons. The van der Waals surface area contributed by atoms with Gasteiger partial charge in [0.05, 0.1) is 5.60 Å². The highest BCUT2D eigenvalue weighted by Gasteiger charge is 2.33. The third-order valence-electron chi connectivity index (χ3n) is 3.93. The van der Waals surface area contributed by atoms with E-state index >= 15 is 0 Å². The van der Waals surface area contributed by atoms with Crippen LogP contribution in [0.5, 0.6) is 0 Å². The Morgan fingerprint density at radius 2 is 1.81 bits per heavy atom. The van der Waals surface area contributed by atoms with Crippen molar-refractivity contribution in [2.24, 2.45) is 5.92 Å². The summed E-state index contributed by atoms with van der Waals surface area (Å²) in [6, 6.07) is 0. The van der Waals surface area contributed by atoms with Crippen molar-refractivity contribution in [2.45, 2.75) is 37.7 Å². The van der Waals surface area contributed by atoms with Crippen molar-refractivity contribution >= 4 is 12.4 Å². The molecule has 2 aliphatic rings. The lowest BCUT2D eigenvalue weighted by atomic mass is 9.80. The molecule has 0 aromatic rings. The summed E-state index contributed by atoms with van der Waals surface area (Å²) in [6.07, 6.45) is 5.15. The van der Waals surface area contributed by atoms with Crippen LogP contribution in [0.25, 0.3) is 0 Å². The quantitative estimate of drug-likeness (QED) is 0.809. The summed E-state index contributed by atoms with van der Waals surface area (Å²) < 4.78 is 5.30. The van der Waals surface area contributed by atoms with Gasteiger partial charge in [-0.05, 0) is 58.2 Å². The van der Waals surface area contributed by atoms with Crippen molar-refractivity contribution < 1.29 is 9.84 Å². The predicted octanol–water partition coefficient (Wildman–Crippen LogP) is 1.68. The SMILES string of the molecule is CN1CCC(CC2(O)CCOCC2)CC1.Cl. The Labute approximate surface area is 105 Å². The highest BCUT2D eigenvalue weighted by molar-refractivity contribution is 5.85. The molecule has 16 heavy (non-hydrogen) atoms. The molecule has 0 bridgehead atoms. The highest BCUT2D eigenvalue weighted by Crippen LogP contribution is 2.32. The molecule has 2 heterocycles. The van der Waals surface area contributed by atoms with E-state index in [4.69, 9.17) is 4.74 Å². The number of rotatable bonds is 2. The Balaban J connectivity index is 0.00000128. The highest BCUT2D eigenvalue weighted by atomic mass is 35.5. The number of halogens is 1. The van der Waals surface area contributed by atoms with Gasteiger partial charge >= 0.3 is 0 Å². The number of likely N-dealkylation sites (tertiary alicyclic amines) is 1. The van der Waals surface area contributed by atoms with E-state index in [2.05, 4.69) is 11.9 Å². The fourth-order valence-corrected chi connectivity index (χ4v) is 2.76. The van der Waals surface area contributed by atoms with E-state index in [9.17, 15) is 5.11 Å². The van der Waals surface area contributed by atoms with Gasteiger partial charge < -0.3 is 14.7 Å². The molecular formula is C12H24ClNO2. The summed E-state index contributed by atoms with van der Waals surface area (Å²) in [6.45, 7) is 3.86. The van der Waals surface area contributed by atoms with Crippen LogP contribution in [0.15, 0.2) is 0 Å². The van der Waals surface area contributed by atoms with Gasteiger partial charge in [-0.25, -0.2) is 0 Å². The van der Waals surface area contributed by atoms with Crippen molar-refractivity contribution in [3.8, 4) is 0 Å². The largest absolute Gasteiger partial charge is 0.390 e. The van der Waals surface area contributed by atoms with E-state index in [0.717, 1.165) is 38.4 Å². The average Bonchev–Trinajstić information content (AvgIpc) is 2.22. The van der Waals surface area contributed by atoms with Gasteiger partial charge in [-0.2, -0.15) is 0 Å². The van der Waals surface area contributed by atoms with E-state index in [1.165, 1.54) is 25.9 Å². The third-order valence-corrected chi connectivity index (χ3v) is 3.93. The molecule has 0 saturated carbocycles. The molecule has 0 aromatic carbocycles. The molecule has 4 heteroatoms. The zero-order valence-corrected chi connectivity index (χ0v) is 11.0. The number of piperidine rings is 1. The summed E-state index contributed by atoms with van der Waals surface area (Å²) in [5.74, 6) is 0.726. The molecule has 2 rings (SSSR count). The second-order valence-electron chi connectivity index (χ2n) is 5.29. The van der Waals surface area contributed by atoms with Crippen molar-refractivity contribution in [1.82, 2.24) is 4.90 Å². The van der Waals surface area contributed by atoms with Crippen LogP contribution >= 0.6 is 12.4 Å². The topological polar surface area (TPSA) is 32.7 Å². The molecule has 0 spiro atoms. The summed E-state index contributed by atoms with van der Waals surface area (Å²) in [4.78, 5) is 2.38. The van der Waals surface area contributed by atoms with Gasteiger partial charge in [0.15, 0.2) is 0 Å². The first-order chi connectivity index (χ1) is 7.18. The molecule has 0 amide bonds. The van der Waals surface area contributed by atoms with Gasteiger partial charge in [-0.3, -0.25) is 0 Å². The molecule has 2 saturated heterocycles. The van der Waals surface area contributed by atoms with Crippen molar-refractivity contribution in [2.75, 3.05) is 33.4 Å². The second kappa shape index (κ2) is 6.20. The molecule has 2 fully saturated rings. The summed E-state index contributed by atoms with van der Waals surface area (Å²) >= 11 is 0. The molecular weight excluding hydrogens is 226 g/mol. The molecule has 1 N–H and O–H groups in total. The van der Waals surface area contributed by atoms with Crippen LogP contribution < -0.4 is 0 Å². The molecule has 0 unspecified atom stereocenters. The van der Waals surface area contributed by atoms with Crippen molar-refractivity contribution in [1.29, 1.82) is 0 Å². The molecule has 96 valence electrons. The molecule has 3 nitrogen and oxygen atoms in total. The molecule has 0 aliphatic carbocycles. The monoisotopic (exact) mass is 249 g/mol. The van der Waals surface area contributed by atoms with Crippen LogP contribution in [-0.4, -0.2) is 49.0 Å². The van der Waals surface area contributed by atoms with Crippen LogP contribution in [0.4, 0.5) is 0 Å². The Kier molecular flexibility index (Phi) is 5.51. The molecule has 2 aliphatic heterocycles. The number of hydrogen-bond donors (Lipinski definition) is 1. The lowest BCUT2D eigenvalue weighted by Crippen LogP contribution is -2.40. The number of aliphatic hydroxyl groups is 1. The maximum absolute atomic E-state index is 10.4. The maximum Gasteiger partial charge on any atom is 0.0694 e. The van der Waals surface area contributed by atoms with E-state index in [1.807, 2.05) is 0 Å². The lowest BCUT2D eigenvalue weighted by molar-refractivity contribution is -0.0795. The molecule has 0 aromatic heterocycles. The van der Waals surface area contributed by atoms with Crippen molar-refractivity contribution in [3.63, 3.8) is 0 Å². The van der Waals surface area contributed by atoms with Gasteiger partial charge in [0.1, 0.15) is 0 Å². The number of ether oxygens (including phenoxy) is 1. The summed E-state index contributed by atoms with van der Waals surface area (Å²) in [7, 11) is 2.18. The summed E-state index contributed by atoms with van der Waals surface area (Å²) in [5.41, 5.74) is -0.418. The van der Waals surface area contributed by atoms with Gasteiger partial charge in [0.25, 0.3) is 0 Å². The Hall–Kier alpha value is 0.170. The first-order valence-electron chi connectivity index (χ1n) is 6.17. The van der Waals surface area contributed by atoms with E-state index in [-0.39, 0.29) is 12.4 Å². The van der Waals surface area contributed by atoms with Crippen molar-refractivity contribution in [3.05, 3.63) is 0 Å². The standard InChI is InChI=1S/C12H23NO2.ClH/c1-13-6-2-11(3-7-13)10-12(14)4-8-15-9-5-12;/h11,14H,2-10H2,1H3;1H. The third kappa shape index (κ3) is 3.88. The minimum atomic E-state index is -0.418. The zero-order valence-electron chi connectivity index (χ0n) is 10.2. The Morgan fingerprint density at radius 1 is 1.25 bits per heavy atom. The lowest BCUT2D eigenvalue weighted by Gasteiger charge is -2.37. The predicted molar refractivity (Wildman–Crippen MR) is 67.1 cm³/mol. The summed E-state index contributed by atoms with van der Waals surface area (Å²) in [5, 5.41) is 10.4. The Morgan fingerprint density at radius 3 is 2.38 bits per heavy atom. The maximum atomic E-state index is 10.4. The van der Waals surface area contributed by atoms with E-state index in [1.54, 1.807) is 0 Å².